The largest absolute Gasteiger partial charge is 0.351 e. The molecule has 1 amide bonds. The van der Waals surface area contributed by atoms with Gasteiger partial charge in [-0.2, -0.15) is 16.9 Å². The first-order chi connectivity index (χ1) is 11.6. The second-order valence-electron chi connectivity index (χ2n) is 6.27. The SMILES string of the molecule is Cc1cccc(CNC(=O)CN2CCSC[C@H]2c2cnn(C)c2)c1. The number of carbonyl (C=O) groups is 1. The highest BCUT2D eigenvalue weighted by Gasteiger charge is 2.26. The zero-order valence-electron chi connectivity index (χ0n) is 14.2. The van der Waals surface area contributed by atoms with Crippen molar-refractivity contribution in [3.05, 3.63) is 53.3 Å². The number of thioether (sulfide) groups is 1. The molecule has 3 rings (SSSR count). The Morgan fingerprint density at radius 2 is 2.33 bits per heavy atom. The minimum absolute atomic E-state index is 0.0808. The Kier molecular flexibility index (Phi) is 5.58. The third-order valence-corrected chi connectivity index (χ3v) is 5.29. The van der Waals surface area contributed by atoms with Crippen molar-refractivity contribution in [3.63, 3.8) is 0 Å². The maximum absolute atomic E-state index is 12.4. The van der Waals surface area contributed by atoms with Crippen LogP contribution in [0.25, 0.3) is 0 Å². The number of benzene rings is 1. The lowest BCUT2D eigenvalue weighted by Crippen LogP contribution is -2.43. The van der Waals surface area contributed by atoms with Crippen LogP contribution in [0.15, 0.2) is 36.7 Å². The van der Waals surface area contributed by atoms with E-state index in [1.54, 1.807) is 0 Å². The molecule has 1 aliphatic rings. The predicted octanol–water partition coefficient (Wildman–Crippen LogP) is 2.13. The number of hydrogen-bond donors (Lipinski definition) is 1. The lowest BCUT2D eigenvalue weighted by Gasteiger charge is -2.34. The van der Waals surface area contributed by atoms with Crippen LogP contribution in [0.2, 0.25) is 0 Å². The molecular formula is C18H24N4OS. The first-order valence-corrected chi connectivity index (χ1v) is 9.40. The van der Waals surface area contributed by atoms with Crippen molar-refractivity contribution in [2.75, 3.05) is 24.6 Å². The lowest BCUT2D eigenvalue weighted by molar-refractivity contribution is -0.122. The molecule has 0 spiro atoms. The van der Waals surface area contributed by atoms with Crippen LogP contribution in [0.4, 0.5) is 0 Å². The highest BCUT2D eigenvalue weighted by Crippen LogP contribution is 2.28. The molecule has 0 aliphatic carbocycles. The van der Waals surface area contributed by atoms with Crippen LogP contribution in [0.3, 0.4) is 0 Å². The van der Waals surface area contributed by atoms with Gasteiger partial charge in [0, 0.05) is 49.4 Å². The van der Waals surface area contributed by atoms with Crippen LogP contribution in [0.5, 0.6) is 0 Å². The molecule has 0 radical (unpaired) electrons. The van der Waals surface area contributed by atoms with E-state index in [4.69, 9.17) is 0 Å². The molecule has 5 nitrogen and oxygen atoms in total. The monoisotopic (exact) mass is 344 g/mol. The number of nitrogens with zero attached hydrogens (tertiary/aromatic N) is 3. The molecular weight excluding hydrogens is 320 g/mol. The minimum Gasteiger partial charge on any atom is -0.351 e. The van der Waals surface area contributed by atoms with Gasteiger partial charge in [0.25, 0.3) is 0 Å². The Morgan fingerprint density at radius 1 is 1.46 bits per heavy atom. The van der Waals surface area contributed by atoms with Crippen LogP contribution >= 0.6 is 11.8 Å². The summed E-state index contributed by atoms with van der Waals surface area (Å²) in [6, 6.07) is 8.51. The van der Waals surface area contributed by atoms with Gasteiger partial charge in [-0.15, -0.1) is 0 Å². The van der Waals surface area contributed by atoms with E-state index in [0.29, 0.717) is 13.1 Å². The number of aryl methyl sites for hydroxylation is 2. The summed E-state index contributed by atoms with van der Waals surface area (Å²) in [4.78, 5) is 14.6. The summed E-state index contributed by atoms with van der Waals surface area (Å²) in [6.45, 7) is 4.02. The average molecular weight is 344 g/mol. The first-order valence-electron chi connectivity index (χ1n) is 8.24. The Morgan fingerprint density at radius 3 is 3.08 bits per heavy atom. The van der Waals surface area contributed by atoms with Crippen LogP contribution < -0.4 is 5.32 Å². The van der Waals surface area contributed by atoms with Crippen LogP contribution in [0, 0.1) is 6.92 Å². The van der Waals surface area contributed by atoms with E-state index in [0.717, 1.165) is 23.6 Å². The van der Waals surface area contributed by atoms with Gasteiger partial charge >= 0.3 is 0 Å². The number of carbonyl (C=O) groups excluding carboxylic acids is 1. The second-order valence-corrected chi connectivity index (χ2v) is 7.42. The van der Waals surface area contributed by atoms with E-state index in [-0.39, 0.29) is 11.9 Å². The number of amides is 1. The number of nitrogens with one attached hydrogen (secondary N) is 1. The van der Waals surface area contributed by atoms with Crippen LogP contribution in [-0.4, -0.2) is 45.2 Å². The third kappa shape index (κ3) is 4.39. The van der Waals surface area contributed by atoms with Crippen molar-refractivity contribution >= 4 is 17.7 Å². The average Bonchev–Trinajstić information content (AvgIpc) is 3.00. The smallest absolute Gasteiger partial charge is 0.234 e. The van der Waals surface area contributed by atoms with Gasteiger partial charge in [-0.05, 0) is 12.5 Å². The molecule has 128 valence electrons. The second kappa shape index (κ2) is 7.85. The highest BCUT2D eigenvalue weighted by molar-refractivity contribution is 7.99. The van der Waals surface area contributed by atoms with Gasteiger partial charge in [-0.1, -0.05) is 29.8 Å². The molecule has 24 heavy (non-hydrogen) atoms. The van der Waals surface area contributed by atoms with Gasteiger partial charge in [0.1, 0.15) is 0 Å². The topological polar surface area (TPSA) is 50.2 Å². The van der Waals surface area contributed by atoms with Gasteiger partial charge in [0.2, 0.25) is 5.91 Å². The van der Waals surface area contributed by atoms with Crippen molar-refractivity contribution in [2.24, 2.45) is 7.05 Å². The molecule has 1 aromatic carbocycles. The molecule has 1 aliphatic heterocycles. The zero-order valence-corrected chi connectivity index (χ0v) is 15.1. The predicted molar refractivity (Wildman–Crippen MR) is 97.9 cm³/mol. The van der Waals surface area contributed by atoms with Gasteiger partial charge in [0.15, 0.2) is 0 Å². The summed E-state index contributed by atoms with van der Waals surface area (Å²) in [5, 5.41) is 7.31. The maximum Gasteiger partial charge on any atom is 0.234 e. The van der Waals surface area contributed by atoms with Crippen LogP contribution in [0.1, 0.15) is 22.7 Å². The van der Waals surface area contributed by atoms with Gasteiger partial charge in [0.05, 0.1) is 12.7 Å². The summed E-state index contributed by atoms with van der Waals surface area (Å²) in [5.41, 5.74) is 3.55. The van der Waals surface area contributed by atoms with Crippen molar-refractivity contribution in [3.8, 4) is 0 Å². The lowest BCUT2D eigenvalue weighted by atomic mass is 10.1. The van der Waals surface area contributed by atoms with E-state index in [1.807, 2.05) is 48.0 Å². The zero-order chi connectivity index (χ0) is 16.9. The van der Waals surface area contributed by atoms with Crippen LogP contribution in [-0.2, 0) is 18.4 Å². The van der Waals surface area contributed by atoms with Gasteiger partial charge in [-0.25, -0.2) is 0 Å². The van der Waals surface area contributed by atoms with Crippen molar-refractivity contribution in [1.29, 1.82) is 0 Å². The molecule has 1 fully saturated rings. The van der Waals surface area contributed by atoms with E-state index in [9.17, 15) is 4.79 Å². The third-order valence-electron chi connectivity index (χ3n) is 4.27. The Balaban J connectivity index is 1.57. The van der Waals surface area contributed by atoms with E-state index >= 15 is 0 Å². The summed E-state index contributed by atoms with van der Waals surface area (Å²) >= 11 is 1.94. The van der Waals surface area contributed by atoms with E-state index < -0.39 is 0 Å². The molecule has 0 saturated carbocycles. The molecule has 1 N–H and O–H groups in total. The summed E-state index contributed by atoms with van der Waals surface area (Å²) < 4.78 is 1.82. The first kappa shape index (κ1) is 17.0. The normalized spacial score (nSPS) is 18.5. The molecule has 2 heterocycles. The van der Waals surface area contributed by atoms with Crippen molar-refractivity contribution in [1.82, 2.24) is 20.0 Å². The fourth-order valence-electron chi connectivity index (χ4n) is 3.01. The number of rotatable bonds is 5. The fraction of sp³-hybridized carbons (Fsp3) is 0.444. The van der Waals surface area contributed by atoms with E-state index in [2.05, 4.69) is 34.4 Å². The fourth-order valence-corrected chi connectivity index (χ4v) is 4.17. The highest BCUT2D eigenvalue weighted by atomic mass is 32.2. The Labute approximate surface area is 147 Å². The van der Waals surface area contributed by atoms with Crippen molar-refractivity contribution < 1.29 is 4.79 Å². The number of hydrogen-bond acceptors (Lipinski definition) is 4. The summed E-state index contributed by atoms with van der Waals surface area (Å²) in [7, 11) is 1.93. The molecule has 1 atom stereocenters. The molecule has 0 unspecified atom stereocenters. The molecule has 0 bridgehead atoms. The van der Waals surface area contributed by atoms with Gasteiger partial charge < -0.3 is 5.32 Å². The van der Waals surface area contributed by atoms with Crippen molar-refractivity contribution in [2.45, 2.75) is 19.5 Å². The minimum atomic E-state index is 0.0808. The summed E-state index contributed by atoms with van der Waals surface area (Å²) in [6.07, 6.45) is 3.96. The molecule has 6 heteroatoms. The Hall–Kier alpha value is -1.79. The quantitative estimate of drug-likeness (QED) is 0.903. The van der Waals surface area contributed by atoms with E-state index in [1.165, 1.54) is 11.1 Å². The molecule has 1 aromatic heterocycles. The summed E-state index contributed by atoms with van der Waals surface area (Å²) in [5.74, 6) is 2.16. The Bertz CT molecular complexity index is 700. The molecule has 2 aromatic rings. The standard InChI is InChI=1S/C18H24N4OS/c1-14-4-3-5-15(8-14)9-19-18(23)12-22-6-7-24-13-17(22)16-10-20-21(2)11-16/h3-5,8,10-11,17H,6-7,9,12-13H2,1-2H3,(H,19,23)/t17-/m0/s1. The van der Waals surface area contributed by atoms with Gasteiger partial charge in [-0.3, -0.25) is 14.4 Å². The molecule has 1 saturated heterocycles. The number of aromatic nitrogens is 2. The maximum atomic E-state index is 12.4.